The fourth-order valence-electron chi connectivity index (χ4n) is 5.25. The molecule has 2 saturated heterocycles. The first-order chi connectivity index (χ1) is 16.5. The number of para-hydroxylation sites is 2. The average molecular weight is 463 g/mol. The first-order valence-corrected chi connectivity index (χ1v) is 11.6. The first-order valence-electron chi connectivity index (χ1n) is 11.6. The summed E-state index contributed by atoms with van der Waals surface area (Å²) in [5, 5.41) is 0. The SMILES string of the molecule is COc1ccccc1N1C[C@H](C(=O)Oc2cccc(N3C(=O)[C@@H]4CCCC[C@H]4C3=O)c2)CC1=O. The molecule has 3 aliphatic rings. The second-order valence-corrected chi connectivity index (χ2v) is 9.01. The van der Waals surface area contributed by atoms with Gasteiger partial charge in [0.2, 0.25) is 17.7 Å². The summed E-state index contributed by atoms with van der Waals surface area (Å²) in [5.41, 5.74) is 1.02. The number of benzene rings is 2. The Labute approximate surface area is 197 Å². The molecule has 5 rings (SSSR count). The number of fused-ring (bicyclic) bond motifs is 1. The molecule has 0 unspecified atom stereocenters. The van der Waals surface area contributed by atoms with Crippen LogP contribution in [-0.2, 0) is 19.2 Å². The van der Waals surface area contributed by atoms with Gasteiger partial charge in [0.05, 0.1) is 36.2 Å². The van der Waals surface area contributed by atoms with Crippen LogP contribution in [0.3, 0.4) is 0 Å². The van der Waals surface area contributed by atoms with E-state index in [0.29, 0.717) is 17.1 Å². The molecule has 3 fully saturated rings. The number of esters is 1. The first kappa shape index (κ1) is 22.1. The molecule has 2 heterocycles. The lowest BCUT2D eigenvalue weighted by Crippen LogP contribution is -2.31. The van der Waals surface area contributed by atoms with Crippen molar-refractivity contribution in [3.63, 3.8) is 0 Å². The smallest absolute Gasteiger partial charge is 0.316 e. The summed E-state index contributed by atoms with van der Waals surface area (Å²) < 4.78 is 10.9. The van der Waals surface area contributed by atoms with Crippen molar-refractivity contribution in [3.8, 4) is 11.5 Å². The third kappa shape index (κ3) is 3.83. The van der Waals surface area contributed by atoms with Gasteiger partial charge in [-0.1, -0.05) is 31.0 Å². The van der Waals surface area contributed by atoms with Crippen molar-refractivity contribution in [1.29, 1.82) is 0 Å². The number of hydrogen-bond donors (Lipinski definition) is 0. The Morgan fingerprint density at radius 2 is 1.65 bits per heavy atom. The summed E-state index contributed by atoms with van der Waals surface area (Å²) >= 11 is 0. The van der Waals surface area contributed by atoms with E-state index >= 15 is 0 Å². The number of methoxy groups -OCH3 is 1. The topological polar surface area (TPSA) is 93.2 Å². The van der Waals surface area contributed by atoms with Gasteiger partial charge < -0.3 is 14.4 Å². The number of rotatable bonds is 5. The highest BCUT2D eigenvalue weighted by atomic mass is 16.5. The maximum atomic E-state index is 12.9. The summed E-state index contributed by atoms with van der Waals surface area (Å²) in [4.78, 5) is 54.1. The third-order valence-corrected chi connectivity index (χ3v) is 6.97. The molecule has 1 aliphatic carbocycles. The molecule has 0 radical (unpaired) electrons. The number of hydrogen-bond acceptors (Lipinski definition) is 6. The van der Waals surface area contributed by atoms with E-state index in [1.807, 2.05) is 6.07 Å². The zero-order valence-corrected chi connectivity index (χ0v) is 18.9. The average Bonchev–Trinajstić information content (AvgIpc) is 3.36. The second-order valence-electron chi connectivity index (χ2n) is 9.01. The van der Waals surface area contributed by atoms with E-state index in [1.54, 1.807) is 42.5 Å². The fraction of sp³-hybridized carbons (Fsp3) is 0.385. The van der Waals surface area contributed by atoms with Crippen LogP contribution in [0.4, 0.5) is 11.4 Å². The Morgan fingerprint density at radius 1 is 0.941 bits per heavy atom. The zero-order chi connectivity index (χ0) is 23.8. The summed E-state index contributed by atoms with van der Waals surface area (Å²) in [5.74, 6) is -1.42. The van der Waals surface area contributed by atoms with E-state index in [2.05, 4.69) is 0 Å². The van der Waals surface area contributed by atoms with E-state index in [9.17, 15) is 19.2 Å². The van der Waals surface area contributed by atoms with Crippen LogP contribution in [-0.4, -0.2) is 37.3 Å². The molecular formula is C26H26N2O6. The highest BCUT2D eigenvalue weighted by Crippen LogP contribution is 2.40. The van der Waals surface area contributed by atoms with Crippen LogP contribution in [0.5, 0.6) is 11.5 Å². The highest BCUT2D eigenvalue weighted by molar-refractivity contribution is 6.22. The molecule has 0 spiro atoms. The van der Waals surface area contributed by atoms with Crippen LogP contribution in [0, 0.1) is 17.8 Å². The van der Waals surface area contributed by atoms with Gasteiger partial charge in [0.1, 0.15) is 11.5 Å². The van der Waals surface area contributed by atoms with Crippen LogP contribution < -0.4 is 19.3 Å². The van der Waals surface area contributed by atoms with Crippen LogP contribution in [0.2, 0.25) is 0 Å². The van der Waals surface area contributed by atoms with E-state index in [1.165, 1.54) is 16.9 Å². The zero-order valence-electron chi connectivity index (χ0n) is 18.9. The van der Waals surface area contributed by atoms with Crippen molar-refractivity contribution in [1.82, 2.24) is 0 Å². The van der Waals surface area contributed by atoms with Crippen molar-refractivity contribution in [2.75, 3.05) is 23.5 Å². The number of ether oxygens (including phenoxy) is 2. The van der Waals surface area contributed by atoms with Gasteiger partial charge in [-0.25, -0.2) is 4.90 Å². The number of imide groups is 1. The molecule has 8 heteroatoms. The van der Waals surface area contributed by atoms with Crippen molar-refractivity contribution >= 4 is 35.1 Å². The van der Waals surface area contributed by atoms with E-state index in [0.717, 1.165) is 25.7 Å². The quantitative estimate of drug-likeness (QED) is 0.384. The van der Waals surface area contributed by atoms with Gasteiger partial charge in [-0.3, -0.25) is 19.2 Å². The van der Waals surface area contributed by atoms with Crippen molar-refractivity contribution in [3.05, 3.63) is 48.5 Å². The molecule has 0 aromatic heterocycles. The van der Waals surface area contributed by atoms with Crippen LogP contribution in [0.1, 0.15) is 32.1 Å². The van der Waals surface area contributed by atoms with Crippen molar-refractivity contribution in [2.45, 2.75) is 32.1 Å². The minimum atomic E-state index is -0.640. The van der Waals surface area contributed by atoms with Crippen LogP contribution in [0.15, 0.2) is 48.5 Å². The molecular weight excluding hydrogens is 436 g/mol. The molecule has 8 nitrogen and oxygen atoms in total. The minimum Gasteiger partial charge on any atom is -0.495 e. The number of anilines is 2. The lowest BCUT2D eigenvalue weighted by atomic mass is 9.81. The summed E-state index contributed by atoms with van der Waals surface area (Å²) in [7, 11) is 1.53. The van der Waals surface area contributed by atoms with Crippen LogP contribution in [0.25, 0.3) is 0 Å². The minimum absolute atomic E-state index is 0.0308. The number of nitrogens with zero attached hydrogens (tertiary/aromatic N) is 2. The molecule has 176 valence electrons. The molecule has 3 atom stereocenters. The predicted molar refractivity (Wildman–Crippen MR) is 123 cm³/mol. The monoisotopic (exact) mass is 462 g/mol. The van der Waals surface area contributed by atoms with E-state index in [-0.39, 0.29) is 48.3 Å². The van der Waals surface area contributed by atoms with Gasteiger partial charge in [0.15, 0.2) is 0 Å². The molecule has 34 heavy (non-hydrogen) atoms. The lowest BCUT2D eigenvalue weighted by Gasteiger charge is -2.19. The van der Waals surface area contributed by atoms with Crippen LogP contribution >= 0.6 is 0 Å². The number of carbonyl (C=O) groups is 4. The van der Waals surface area contributed by atoms with Gasteiger partial charge in [0.25, 0.3) is 0 Å². The highest BCUT2D eigenvalue weighted by Gasteiger charge is 2.48. The summed E-state index contributed by atoms with van der Waals surface area (Å²) in [6.07, 6.45) is 3.41. The Balaban J connectivity index is 1.30. The summed E-state index contributed by atoms with van der Waals surface area (Å²) in [6.45, 7) is 0.185. The molecule has 2 aliphatic heterocycles. The van der Waals surface area contributed by atoms with Crippen molar-refractivity contribution < 1.29 is 28.7 Å². The molecule has 3 amide bonds. The van der Waals surface area contributed by atoms with Gasteiger partial charge in [-0.05, 0) is 37.1 Å². The normalized spacial score (nSPS) is 24.4. The molecule has 2 aromatic carbocycles. The largest absolute Gasteiger partial charge is 0.495 e. The summed E-state index contributed by atoms with van der Waals surface area (Å²) in [6, 6.07) is 13.6. The maximum absolute atomic E-state index is 12.9. The van der Waals surface area contributed by atoms with Gasteiger partial charge in [0, 0.05) is 19.0 Å². The van der Waals surface area contributed by atoms with Gasteiger partial charge in [-0.15, -0.1) is 0 Å². The van der Waals surface area contributed by atoms with E-state index in [4.69, 9.17) is 9.47 Å². The Hall–Kier alpha value is -3.68. The second kappa shape index (κ2) is 8.93. The Morgan fingerprint density at radius 3 is 2.35 bits per heavy atom. The van der Waals surface area contributed by atoms with E-state index < -0.39 is 11.9 Å². The lowest BCUT2D eigenvalue weighted by molar-refractivity contribution is -0.139. The standard InChI is InChI=1S/C26H26N2O6/c1-33-22-12-5-4-11-21(22)27-15-16(13-23(27)29)26(32)34-18-8-6-7-17(14-18)28-24(30)19-9-2-3-10-20(19)25(28)31/h4-8,11-12,14,16,19-20H,2-3,9-10,13,15H2,1H3/t16-,19-,20-/m1/s1. The Bertz CT molecular complexity index is 1140. The van der Waals surface area contributed by atoms with Crippen molar-refractivity contribution in [2.24, 2.45) is 17.8 Å². The molecule has 2 aromatic rings. The molecule has 0 bridgehead atoms. The third-order valence-electron chi connectivity index (χ3n) is 6.97. The number of amides is 3. The number of carbonyl (C=O) groups excluding carboxylic acids is 4. The van der Waals surface area contributed by atoms with Gasteiger partial charge >= 0.3 is 5.97 Å². The Kier molecular flexibility index (Phi) is 5.81. The molecule has 1 saturated carbocycles. The fourth-order valence-corrected chi connectivity index (χ4v) is 5.25. The molecule has 0 N–H and O–H groups in total. The maximum Gasteiger partial charge on any atom is 0.316 e. The predicted octanol–water partition coefficient (Wildman–Crippen LogP) is 3.33. The van der Waals surface area contributed by atoms with Gasteiger partial charge in [-0.2, -0.15) is 0 Å².